The van der Waals surface area contributed by atoms with Crippen molar-refractivity contribution in [3.8, 4) is 18.1 Å². The lowest BCUT2D eigenvalue weighted by atomic mass is 9.88. The number of thiophene rings is 1. The second-order valence-electron chi connectivity index (χ2n) is 12.5. The highest BCUT2D eigenvalue weighted by Gasteiger charge is 2.54. The largest absolute Gasteiger partial charge is 0.461 e. The maximum Gasteiger partial charge on any atom is 0.320 e. The van der Waals surface area contributed by atoms with Gasteiger partial charge in [0.1, 0.15) is 41.2 Å². The summed E-state index contributed by atoms with van der Waals surface area (Å²) in [7, 11) is 1.69. The number of hydrogen-bond acceptors (Lipinski definition) is 12. The van der Waals surface area contributed by atoms with Crippen LogP contribution in [0.1, 0.15) is 71.5 Å². The number of nitrogen functional groups attached to an aromatic ring is 1. The summed E-state index contributed by atoms with van der Waals surface area (Å²) in [5.74, 6) is 1.34. The van der Waals surface area contributed by atoms with E-state index in [-0.39, 0.29) is 34.4 Å². The summed E-state index contributed by atoms with van der Waals surface area (Å²) >= 11 is 3.20. The lowest BCUT2D eigenvalue weighted by molar-refractivity contribution is 0.107. The monoisotopic (exact) mass is 667 g/mol. The van der Waals surface area contributed by atoms with Crippen LogP contribution in [0.2, 0.25) is 0 Å². The number of alkyl halides is 3. The van der Waals surface area contributed by atoms with Gasteiger partial charge in [-0.3, -0.25) is 9.88 Å². The molecule has 10 nitrogen and oxygen atoms in total. The first-order valence-electron chi connectivity index (χ1n) is 15.1. The van der Waals surface area contributed by atoms with Crippen molar-refractivity contribution >= 4 is 39.7 Å². The van der Waals surface area contributed by atoms with Crippen molar-refractivity contribution < 1.29 is 17.9 Å². The van der Waals surface area contributed by atoms with E-state index in [2.05, 4.69) is 27.0 Å². The van der Waals surface area contributed by atoms with Crippen LogP contribution in [0.25, 0.3) is 0 Å². The zero-order chi connectivity index (χ0) is 32.4. The van der Waals surface area contributed by atoms with Crippen LogP contribution in [0.3, 0.4) is 0 Å². The molecule has 4 aliphatic heterocycles. The number of ether oxygens (including phenoxy) is 1. The van der Waals surface area contributed by atoms with Gasteiger partial charge in [-0.15, -0.1) is 23.1 Å². The molecular formula is C31H32F3N9OS2. The number of nitrogens with two attached hydrogens (primary N) is 1. The van der Waals surface area contributed by atoms with E-state index in [0.29, 0.717) is 48.0 Å². The van der Waals surface area contributed by atoms with Crippen molar-refractivity contribution in [3.05, 3.63) is 51.2 Å². The first kappa shape index (κ1) is 30.8. The average Bonchev–Trinajstić information content (AvgIpc) is 3.76. The SMILES string of the molecule is CC(c1cccnc1C(F)F)N(C)c1nc(OC[C@@]23CCCN2C[C@H](F)C3)nc(N2CC3(C2)SCc2sc(N)c(C#N)c23)c1C#N. The number of aromatic nitrogens is 3. The molecule has 3 aromatic heterocycles. The first-order chi connectivity index (χ1) is 22.1. The van der Waals surface area contributed by atoms with Gasteiger partial charge < -0.3 is 20.3 Å². The van der Waals surface area contributed by atoms with Crippen molar-refractivity contribution in [2.45, 2.75) is 60.9 Å². The molecule has 0 aromatic carbocycles. The smallest absolute Gasteiger partial charge is 0.320 e. The van der Waals surface area contributed by atoms with Crippen LogP contribution in [0.15, 0.2) is 18.3 Å². The third-order valence-electron chi connectivity index (χ3n) is 9.88. The topological polar surface area (TPSA) is 131 Å². The summed E-state index contributed by atoms with van der Waals surface area (Å²) in [6.45, 7) is 4.09. The van der Waals surface area contributed by atoms with Crippen LogP contribution in [0.5, 0.6) is 6.01 Å². The van der Waals surface area contributed by atoms with Gasteiger partial charge in [-0.05, 0) is 32.4 Å². The third kappa shape index (κ3) is 4.82. The average molecular weight is 668 g/mol. The normalized spacial score (nSPS) is 23.6. The van der Waals surface area contributed by atoms with Crippen LogP contribution in [-0.2, 0) is 10.5 Å². The molecule has 0 amide bonds. The highest BCUT2D eigenvalue weighted by Crippen LogP contribution is 2.58. The van der Waals surface area contributed by atoms with Crippen molar-refractivity contribution in [1.29, 1.82) is 10.5 Å². The molecule has 0 saturated carbocycles. The van der Waals surface area contributed by atoms with Gasteiger partial charge in [-0.1, -0.05) is 6.07 Å². The minimum absolute atomic E-state index is 0.0325. The molecule has 4 aliphatic rings. The fourth-order valence-electron chi connectivity index (χ4n) is 7.51. The highest BCUT2D eigenvalue weighted by molar-refractivity contribution is 8.00. The summed E-state index contributed by atoms with van der Waals surface area (Å²) < 4.78 is 48.2. The van der Waals surface area contributed by atoms with Crippen LogP contribution in [-0.4, -0.2) is 71.4 Å². The van der Waals surface area contributed by atoms with Gasteiger partial charge in [0, 0.05) is 61.1 Å². The summed E-state index contributed by atoms with van der Waals surface area (Å²) in [5.41, 5.74) is 7.36. The molecule has 240 valence electrons. The van der Waals surface area contributed by atoms with Crippen LogP contribution in [0, 0.1) is 22.7 Å². The van der Waals surface area contributed by atoms with E-state index < -0.39 is 24.2 Å². The lowest BCUT2D eigenvalue weighted by Gasteiger charge is -2.48. The Hall–Kier alpha value is -3.79. The molecule has 3 aromatic rings. The van der Waals surface area contributed by atoms with E-state index in [1.807, 2.05) is 4.90 Å². The number of nitrogens with zero attached hydrogens (tertiary/aromatic N) is 8. The molecule has 0 bridgehead atoms. The number of rotatable bonds is 8. The van der Waals surface area contributed by atoms with Crippen molar-refractivity contribution in [2.24, 2.45) is 0 Å². The second-order valence-corrected chi connectivity index (χ2v) is 15.0. The highest BCUT2D eigenvalue weighted by atomic mass is 32.2. The number of thioether (sulfide) groups is 1. The number of fused-ring (bicyclic) bond motifs is 3. The molecule has 1 unspecified atom stereocenters. The van der Waals surface area contributed by atoms with Crippen molar-refractivity contribution in [3.63, 3.8) is 0 Å². The fraction of sp³-hybridized carbons (Fsp3) is 0.516. The molecule has 2 N–H and O–H groups in total. The Labute approximate surface area is 273 Å². The molecule has 7 heterocycles. The van der Waals surface area contributed by atoms with E-state index in [0.717, 1.165) is 35.6 Å². The molecule has 46 heavy (non-hydrogen) atoms. The number of halogens is 3. The van der Waals surface area contributed by atoms with Crippen molar-refractivity contribution in [1.82, 2.24) is 19.9 Å². The minimum Gasteiger partial charge on any atom is -0.461 e. The molecule has 0 aliphatic carbocycles. The predicted molar refractivity (Wildman–Crippen MR) is 170 cm³/mol. The molecule has 3 saturated heterocycles. The Morgan fingerprint density at radius 3 is 2.76 bits per heavy atom. The van der Waals surface area contributed by atoms with Crippen LogP contribution < -0.4 is 20.3 Å². The molecule has 3 atom stereocenters. The maximum atomic E-state index is 14.5. The molecule has 3 fully saturated rings. The van der Waals surface area contributed by atoms with E-state index in [1.54, 1.807) is 42.8 Å². The van der Waals surface area contributed by atoms with Gasteiger partial charge in [0.25, 0.3) is 6.43 Å². The predicted octanol–water partition coefficient (Wildman–Crippen LogP) is 5.31. The molecule has 0 radical (unpaired) electrons. The van der Waals surface area contributed by atoms with Gasteiger partial charge in [-0.2, -0.15) is 20.5 Å². The fourth-order valence-corrected chi connectivity index (χ4v) is 10.3. The molecular weight excluding hydrogens is 636 g/mol. The van der Waals surface area contributed by atoms with E-state index >= 15 is 0 Å². The quantitative estimate of drug-likeness (QED) is 0.335. The number of pyridine rings is 1. The van der Waals surface area contributed by atoms with Gasteiger partial charge in [0.05, 0.1) is 21.9 Å². The standard InChI is InChI=1S/C31H32F3N9OS2/c1-17(19-5-3-7-38-24(19)25(33)34)41(2)27-21(11-36)28(40-29(39-27)44-16-30-6-4-8-43(30)12-18(32)9-30)42-14-31(15-42)23-20(10-35)26(37)46-22(23)13-45-31/h3,5,7,17-18,25H,4,6,8-9,12-16,37H2,1-2H3/t17?,18-,30+/m1/s1. The number of anilines is 3. The van der Waals surface area contributed by atoms with Gasteiger partial charge in [-0.25, -0.2) is 13.2 Å². The summed E-state index contributed by atoms with van der Waals surface area (Å²) in [5, 5.41) is 20.8. The Kier molecular flexibility index (Phi) is 7.69. The summed E-state index contributed by atoms with van der Waals surface area (Å²) in [6.07, 6.45) is -0.256. The Morgan fingerprint density at radius 2 is 2.02 bits per heavy atom. The second kappa shape index (κ2) is 11.5. The molecule has 1 spiro atoms. The van der Waals surface area contributed by atoms with E-state index in [1.165, 1.54) is 17.5 Å². The van der Waals surface area contributed by atoms with Gasteiger partial charge >= 0.3 is 6.01 Å². The Balaban J connectivity index is 1.25. The van der Waals surface area contributed by atoms with Gasteiger partial charge in [0.15, 0.2) is 11.6 Å². The number of hydrogen-bond donors (Lipinski definition) is 1. The van der Waals surface area contributed by atoms with Crippen LogP contribution >= 0.6 is 23.1 Å². The Morgan fingerprint density at radius 1 is 1.24 bits per heavy atom. The van der Waals surface area contributed by atoms with Crippen LogP contribution in [0.4, 0.5) is 29.8 Å². The van der Waals surface area contributed by atoms with Gasteiger partial charge in [0.2, 0.25) is 0 Å². The van der Waals surface area contributed by atoms with E-state index in [4.69, 9.17) is 15.5 Å². The maximum absolute atomic E-state index is 14.5. The summed E-state index contributed by atoms with van der Waals surface area (Å²) in [6, 6.07) is 7.14. The first-order valence-corrected chi connectivity index (χ1v) is 16.9. The van der Waals surface area contributed by atoms with E-state index in [9.17, 15) is 23.7 Å². The zero-order valence-electron chi connectivity index (χ0n) is 25.3. The Bertz CT molecular complexity index is 1770. The lowest BCUT2D eigenvalue weighted by Crippen LogP contribution is -2.57. The molecule has 15 heteroatoms. The summed E-state index contributed by atoms with van der Waals surface area (Å²) in [4.78, 5) is 20.2. The minimum atomic E-state index is -2.78. The zero-order valence-corrected chi connectivity index (χ0v) is 27.0. The molecule has 7 rings (SSSR count). The third-order valence-corrected chi connectivity index (χ3v) is 12.5. The van der Waals surface area contributed by atoms with Crippen molar-refractivity contribution in [2.75, 3.05) is 55.4 Å². The number of nitriles is 2.